The Balaban J connectivity index is 1.54. The molecule has 1 aliphatic rings. The van der Waals surface area contributed by atoms with Crippen molar-refractivity contribution in [3.05, 3.63) is 65.9 Å². The molecular formula is C23H28N3O3+. The standard InChI is InChI=1S/C23H27N3O3/c1-28-18-8-6-17(7-9-18)20(21-15-24-22-5-3-2-4-19(21)22)14-25-23(27)16-26-10-12-29-13-11-26/h2-9,15,20,24H,10-14,16H2,1H3,(H,25,27)/p+1/t20-/m0/s1. The third-order valence-corrected chi connectivity index (χ3v) is 5.63. The van der Waals surface area contributed by atoms with Crippen LogP contribution in [0.3, 0.4) is 0 Å². The van der Waals surface area contributed by atoms with Gasteiger partial charge in [0.1, 0.15) is 18.8 Å². The number of morpholine rings is 1. The normalized spacial score (nSPS) is 15.9. The third kappa shape index (κ3) is 4.60. The molecule has 0 unspecified atom stereocenters. The first-order valence-corrected chi connectivity index (χ1v) is 10.1. The fourth-order valence-electron chi connectivity index (χ4n) is 3.97. The Bertz CT molecular complexity index is 945. The number of carbonyl (C=O) groups is 1. The van der Waals surface area contributed by atoms with E-state index in [1.54, 1.807) is 7.11 Å². The van der Waals surface area contributed by atoms with E-state index in [0.29, 0.717) is 13.1 Å². The second kappa shape index (κ2) is 9.11. The van der Waals surface area contributed by atoms with Gasteiger partial charge in [-0.1, -0.05) is 30.3 Å². The lowest BCUT2D eigenvalue weighted by Gasteiger charge is -2.24. The zero-order valence-electron chi connectivity index (χ0n) is 16.7. The number of quaternary nitrogens is 1. The number of H-pyrrole nitrogens is 1. The molecule has 2 heterocycles. The lowest BCUT2D eigenvalue weighted by atomic mass is 9.90. The van der Waals surface area contributed by atoms with Crippen LogP contribution < -0.4 is 15.0 Å². The van der Waals surface area contributed by atoms with Crippen molar-refractivity contribution in [2.75, 3.05) is 46.5 Å². The SMILES string of the molecule is COc1ccc([C@H](CNC(=O)C[NH+]2CCOCC2)c2c[nH]c3ccccc23)cc1. The van der Waals surface area contributed by atoms with Crippen LogP contribution in [0.4, 0.5) is 0 Å². The second-order valence-electron chi connectivity index (χ2n) is 7.46. The van der Waals surface area contributed by atoms with E-state index in [0.717, 1.165) is 43.1 Å². The van der Waals surface area contributed by atoms with Crippen molar-refractivity contribution < 1.29 is 19.2 Å². The summed E-state index contributed by atoms with van der Waals surface area (Å²) in [6, 6.07) is 16.4. The molecule has 0 spiro atoms. The Morgan fingerprint density at radius 1 is 1.17 bits per heavy atom. The summed E-state index contributed by atoms with van der Waals surface area (Å²) in [7, 11) is 1.67. The van der Waals surface area contributed by atoms with Gasteiger partial charge in [-0.25, -0.2) is 0 Å². The van der Waals surface area contributed by atoms with Gasteiger partial charge in [-0.2, -0.15) is 0 Å². The van der Waals surface area contributed by atoms with Gasteiger partial charge in [0, 0.05) is 29.6 Å². The van der Waals surface area contributed by atoms with Crippen molar-refractivity contribution in [2.24, 2.45) is 0 Å². The van der Waals surface area contributed by atoms with Crippen LogP contribution in [0, 0.1) is 0 Å². The summed E-state index contributed by atoms with van der Waals surface area (Å²) in [4.78, 5) is 17.2. The monoisotopic (exact) mass is 394 g/mol. The van der Waals surface area contributed by atoms with Crippen LogP contribution in [0.15, 0.2) is 54.7 Å². The number of benzene rings is 2. The van der Waals surface area contributed by atoms with E-state index in [-0.39, 0.29) is 11.8 Å². The predicted octanol–water partition coefficient (Wildman–Crippen LogP) is 1.34. The van der Waals surface area contributed by atoms with Gasteiger partial charge in [-0.05, 0) is 29.3 Å². The number of methoxy groups -OCH3 is 1. The van der Waals surface area contributed by atoms with Gasteiger partial charge in [0.2, 0.25) is 0 Å². The van der Waals surface area contributed by atoms with Gasteiger partial charge >= 0.3 is 0 Å². The minimum Gasteiger partial charge on any atom is -0.497 e. The number of amides is 1. The first kappa shape index (κ1) is 19.5. The van der Waals surface area contributed by atoms with Gasteiger partial charge in [-0.3, -0.25) is 4.79 Å². The Morgan fingerprint density at radius 3 is 2.69 bits per heavy atom. The van der Waals surface area contributed by atoms with Gasteiger partial charge in [-0.15, -0.1) is 0 Å². The Hall–Kier alpha value is -2.83. The van der Waals surface area contributed by atoms with E-state index in [2.05, 4.69) is 40.8 Å². The number of para-hydroxylation sites is 1. The van der Waals surface area contributed by atoms with Crippen LogP contribution in [0.2, 0.25) is 0 Å². The van der Waals surface area contributed by atoms with Crippen molar-refractivity contribution in [2.45, 2.75) is 5.92 Å². The van der Waals surface area contributed by atoms with Gasteiger partial charge in [0.05, 0.1) is 20.3 Å². The summed E-state index contributed by atoms with van der Waals surface area (Å²) >= 11 is 0. The van der Waals surface area contributed by atoms with E-state index in [4.69, 9.17) is 9.47 Å². The highest BCUT2D eigenvalue weighted by Gasteiger charge is 2.22. The molecule has 3 aromatic rings. The first-order valence-electron chi connectivity index (χ1n) is 10.1. The molecule has 6 nitrogen and oxygen atoms in total. The maximum Gasteiger partial charge on any atom is 0.275 e. The topological polar surface area (TPSA) is 67.8 Å². The van der Waals surface area contributed by atoms with Gasteiger partial charge in [0.15, 0.2) is 6.54 Å². The van der Waals surface area contributed by atoms with E-state index in [1.807, 2.05) is 24.3 Å². The average molecular weight is 394 g/mol. The number of carbonyl (C=O) groups excluding carboxylic acids is 1. The number of hydrogen-bond acceptors (Lipinski definition) is 3. The van der Waals surface area contributed by atoms with Crippen molar-refractivity contribution >= 4 is 16.8 Å². The molecule has 2 aromatic carbocycles. The summed E-state index contributed by atoms with van der Waals surface area (Å²) in [5, 5.41) is 4.35. The van der Waals surface area contributed by atoms with E-state index < -0.39 is 0 Å². The molecule has 1 fully saturated rings. The highest BCUT2D eigenvalue weighted by molar-refractivity contribution is 5.84. The number of hydrogen-bond donors (Lipinski definition) is 3. The maximum absolute atomic E-state index is 12.6. The number of aromatic nitrogens is 1. The molecule has 3 N–H and O–H groups in total. The molecule has 152 valence electrons. The number of fused-ring (bicyclic) bond motifs is 1. The molecule has 0 radical (unpaired) electrons. The Labute approximate surface area is 170 Å². The highest BCUT2D eigenvalue weighted by atomic mass is 16.5. The smallest absolute Gasteiger partial charge is 0.275 e. The summed E-state index contributed by atoms with van der Waals surface area (Å²) in [6.45, 7) is 4.28. The molecule has 0 aliphatic carbocycles. The lowest BCUT2D eigenvalue weighted by molar-refractivity contribution is -0.900. The van der Waals surface area contributed by atoms with Crippen LogP contribution in [-0.4, -0.2) is 57.4 Å². The van der Waals surface area contributed by atoms with E-state index in [1.165, 1.54) is 15.8 Å². The Kier molecular flexibility index (Phi) is 6.12. The molecular weight excluding hydrogens is 366 g/mol. The summed E-state index contributed by atoms with van der Waals surface area (Å²) in [5.41, 5.74) is 3.43. The number of rotatable bonds is 7. The molecule has 1 amide bonds. The first-order chi connectivity index (χ1) is 14.2. The van der Waals surface area contributed by atoms with Crippen molar-refractivity contribution in [3.63, 3.8) is 0 Å². The van der Waals surface area contributed by atoms with Crippen molar-refractivity contribution in [3.8, 4) is 5.75 Å². The molecule has 1 aliphatic heterocycles. The van der Waals surface area contributed by atoms with Crippen LogP contribution in [0.1, 0.15) is 17.0 Å². The zero-order chi connectivity index (χ0) is 20.1. The highest BCUT2D eigenvalue weighted by Crippen LogP contribution is 2.31. The van der Waals surface area contributed by atoms with E-state index in [9.17, 15) is 4.79 Å². The zero-order valence-corrected chi connectivity index (χ0v) is 16.7. The van der Waals surface area contributed by atoms with Crippen LogP contribution in [-0.2, 0) is 9.53 Å². The Morgan fingerprint density at radius 2 is 1.93 bits per heavy atom. The minimum atomic E-state index is 0.0562. The molecule has 1 atom stereocenters. The fourth-order valence-corrected chi connectivity index (χ4v) is 3.97. The second-order valence-corrected chi connectivity index (χ2v) is 7.46. The summed E-state index contributed by atoms with van der Waals surface area (Å²) < 4.78 is 10.7. The van der Waals surface area contributed by atoms with Crippen LogP contribution >= 0.6 is 0 Å². The van der Waals surface area contributed by atoms with Gasteiger partial charge in [0.25, 0.3) is 5.91 Å². The lowest BCUT2D eigenvalue weighted by Crippen LogP contribution is -3.15. The van der Waals surface area contributed by atoms with Crippen LogP contribution in [0.5, 0.6) is 5.75 Å². The number of aromatic amines is 1. The fraction of sp³-hybridized carbons (Fsp3) is 0.348. The summed E-state index contributed by atoms with van der Waals surface area (Å²) in [6.07, 6.45) is 2.05. The number of nitrogens with one attached hydrogen (secondary N) is 3. The maximum atomic E-state index is 12.6. The minimum absolute atomic E-state index is 0.0562. The number of ether oxygens (including phenoxy) is 2. The predicted molar refractivity (Wildman–Crippen MR) is 113 cm³/mol. The molecule has 4 rings (SSSR count). The van der Waals surface area contributed by atoms with Crippen LogP contribution in [0.25, 0.3) is 10.9 Å². The average Bonchev–Trinajstić information content (AvgIpc) is 3.19. The molecule has 1 saturated heterocycles. The van der Waals surface area contributed by atoms with E-state index >= 15 is 0 Å². The van der Waals surface area contributed by atoms with Gasteiger partial charge < -0.3 is 24.7 Å². The van der Waals surface area contributed by atoms with Crippen molar-refractivity contribution in [1.29, 1.82) is 0 Å². The largest absolute Gasteiger partial charge is 0.497 e. The quantitative estimate of drug-likeness (QED) is 0.567. The molecule has 0 saturated carbocycles. The van der Waals surface area contributed by atoms with Crippen molar-refractivity contribution in [1.82, 2.24) is 10.3 Å². The third-order valence-electron chi connectivity index (χ3n) is 5.63. The molecule has 29 heavy (non-hydrogen) atoms. The molecule has 0 bridgehead atoms. The molecule has 1 aromatic heterocycles. The summed E-state index contributed by atoms with van der Waals surface area (Å²) in [5.74, 6) is 0.965. The molecule has 6 heteroatoms.